The molecule has 0 aromatic heterocycles. The van der Waals surface area contributed by atoms with Crippen molar-refractivity contribution >= 4 is 0 Å². The molecule has 1 spiro atoms. The van der Waals surface area contributed by atoms with E-state index in [2.05, 4.69) is 20.8 Å². The number of ether oxygens (including phenoxy) is 2. The Morgan fingerprint density at radius 1 is 1.30 bits per heavy atom. The molecular formula is C18H33NO4. The van der Waals surface area contributed by atoms with Gasteiger partial charge in [0.1, 0.15) is 18.5 Å². The molecule has 0 amide bonds. The second kappa shape index (κ2) is 7.41. The maximum absolute atomic E-state index is 9.48. The minimum Gasteiger partial charge on any atom is -0.508 e. The summed E-state index contributed by atoms with van der Waals surface area (Å²) in [5.74, 6) is 0.316. The first kappa shape index (κ1) is 18.6. The second-order valence-electron chi connectivity index (χ2n) is 7.97. The van der Waals surface area contributed by atoms with Gasteiger partial charge >= 0.3 is 0 Å². The molecule has 1 aliphatic carbocycles. The van der Waals surface area contributed by atoms with Gasteiger partial charge in [-0.25, -0.2) is 0 Å². The molecule has 0 aromatic carbocycles. The Morgan fingerprint density at radius 3 is 2.48 bits per heavy atom. The van der Waals surface area contributed by atoms with Crippen molar-refractivity contribution in [3.63, 3.8) is 0 Å². The minimum atomic E-state index is -0.394. The van der Waals surface area contributed by atoms with E-state index in [0.29, 0.717) is 18.6 Å². The van der Waals surface area contributed by atoms with Crippen LogP contribution in [0.1, 0.15) is 53.4 Å². The Bertz CT molecular complexity index is 408. The minimum absolute atomic E-state index is 0.0175. The molecule has 1 aliphatic heterocycles. The van der Waals surface area contributed by atoms with E-state index in [9.17, 15) is 5.11 Å². The van der Waals surface area contributed by atoms with Crippen molar-refractivity contribution in [1.82, 2.24) is 4.90 Å². The number of rotatable bonds is 5. The smallest absolute Gasteiger partial charge is 0.169 e. The summed E-state index contributed by atoms with van der Waals surface area (Å²) in [5, 5.41) is 18.4. The normalized spacial score (nSPS) is 32.5. The SMILES string of the molecule is CCN(/C=C(\O)CO)CC1COC2(CCC(C(C)(C)C)CC2)O1. The van der Waals surface area contributed by atoms with Crippen molar-refractivity contribution in [2.45, 2.75) is 65.3 Å². The molecule has 2 rings (SSSR count). The number of aliphatic hydroxyl groups is 2. The second-order valence-corrected chi connectivity index (χ2v) is 7.97. The van der Waals surface area contributed by atoms with E-state index in [-0.39, 0.29) is 18.5 Å². The van der Waals surface area contributed by atoms with Crippen molar-refractivity contribution in [3.8, 4) is 0 Å². The molecule has 1 unspecified atom stereocenters. The summed E-state index contributed by atoms with van der Waals surface area (Å²) in [4.78, 5) is 1.96. The van der Waals surface area contributed by atoms with Crippen LogP contribution in [0.25, 0.3) is 0 Å². The first-order valence-corrected chi connectivity index (χ1v) is 8.84. The Balaban J connectivity index is 1.87. The highest BCUT2D eigenvalue weighted by atomic mass is 16.7. The van der Waals surface area contributed by atoms with E-state index in [1.165, 1.54) is 0 Å². The maximum atomic E-state index is 9.48. The van der Waals surface area contributed by atoms with E-state index in [1.54, 1.807) is 6.20 Å². The summed E-state index contributed by atoms with van der Waals surface area (Å²) in [6.45, 7) is 10.6. The van der Waals surface area contributed by atoms with Crippen LogP contribution in [0.3, 0.4) is 0 Å². The average molecular weight is 327 g/mol. The van der Waals surface area contributed by atoms with Crippen LogP contribution >= 0.6 is 0 Å². The summed E-state index contributed by atoms with van der Waals surface area (Å²) < 4.78 is 12.3. The largest absolute Gasteiger partial charge is 0.508 e. The van der Waals surface area contributed by atoms with Gasteiger partial charge in [0.05, 0.1) is 6.61 Å². The molecule has 5 heteroatoms. The molecule has 134 valence electrons. The van der Waals surface area contributed by atoms with Crippen LogP contribution in [-0.4, -0.2) is 53.3 Å². The maximum Gasteiger partial charge on any atom is 0.169 e. The lowest BCUT2D eigenvalue weighted by Gasteiger charge is -2.41. The zero-order valence-electron chi connectivity index (χ0n) is 15.0. The fourth-order valence-electron chi connectivity index (χ4n) is 3.68. The van der Waals surface area contributed by atoms with Crippen LogP contribution in [0, 0.1) is 11.3 Å². The molecule has 1 heterocycles. The van der Waals surface area contributed by atoms with Crippen molar-refractivity contribution in [1.29, 1.82) is 0 Å². The third-order valence-electron chi connectivity index (χ3n) is 5.22. The number of hydrogen-bond acceptors (Lipinski definition) is 5. The summed E-state index contributed by atoms with van der Waals surface area (Å²) >= 11 is 0. The van der Waals surface area contributed by atoms with Gasteiger partial charge in [0.15, 0.2) is 5.79 Å². The summed E-state index contributed by atoms with van der Waals surface area (Å²) in [6, 6.07) is 0. The van der Waals surface area contributed by atoms with Gasteiger partial charge in [-0.05, 0) is 31.1 Å². The molecule has 1 atom stereocenters. The third-order valence-corrected chi connectivity index (χ3v) is 5.22. The predicted octanol–water partition coefficient (Wildman–Crippen LogP) is 3.05. The van der Waals surface area contributed by atoms with Gasteiger partial charge in [-0.1, -0.05) is 20.8 Å². The monoisotopic (exact) mass is 327 g/mol. The molecule has 0 radical (unpaired) electrons. The molecule has 2 aliphatic rings. The quantitative estimate of drug-likeness (QED) is 0.760. The van der Waals surface area contributed by atoms with E-state index in [4.69, 9.17) is 14.6 Å². The molecule has 0 bridgehead atoms. The first-order valence-electron chi connectivity index (χ1n) is 8.84. The fraction of sp³-hybridized carbons (Fsp3) is 0.889. The van der Waals surface area contributed by atoms with Crippen molar-refractivity contribution in [2.75, 3.05) is 26.3 Å². The van der Waals surface area contributed by atoms with Gasteiger partial charge < -0.3 is 24.6 Å². The van der Waals surface area contributed by atoms with Crippen molar-refractivity contribution in [3.05, 3.63) is 12.0 Å². The first-order chi connectivity index (χ1) is 10.8. The molecule has 0 aromatic rings. The molecule has 5 nitrogen and oxygen atoms in total. The summed E-state index contributed by atoms with van der Waals surface area (Å²) in [5.41, 5.74) is 0.352. The number of likely N-dealkylation sites (N-methyl/N-ethyl adjacent to an activating group) is 1. The highest BCUT2D eigenvalue weighted by Crippen LogP contribution is 2.45. The van der Waals surface area contributed by atoms with Crippen molar-refractivity contribution < 1.29 is 19.7 Å². The van der Waals surface area contributed by atoms with Gasteiger partial charge in [0, 0.05) is 32.1 Å². The lowest BCUT2D eigenvalue weighted by Crippen LogP contribution is -2.39. The number of nitrogens with zero attached hydrogens (tertiary/aromatic N) is 1. The van der Waals surface area contributed by atoms with Crippen LogP contribution in [-0.2, 0) is 9.47 Å². The van der Waals surface area contributed by atoms with Crippen LogP contribution < -0.4 is 0 Å². The molecule has 23 heavy (non-hydrogen) atoms. The van der Waals surface area contributed by atoms with Crippen LogP contribution in [0.2, 0.25) is 0 Å². The van der Waals surface area contributed by atoms with E-state index < -0.39 is 5.79 Å². The van der Waals surface area contributed by atoms with Crippen molar-refractivity contribution in [2.24, 2.45) is 11.3 Å². The summed E-state index contributed by atoms with van der Waals surface area (Å²) in [7, 11) is 0. The standard InChI is InChI=1S/C18H33NO4/c1-5-19(10-15(21)12-20)11-16-13-22-18(23-16)8-6-14(7-9-18)17(2,3)4/h10,14,16,20-21H,5-9,11-13H2,1-4H3/b15-10-. The predicted molar refractivity (Wildman–Crippen MR) is 90.0 cm³/mol. The zero-order valence-corrected chi connectivity index (χ0v) is 15.0. The molecule has 1 saturated heterocycles. The van der Waals surface area contributed by atoms with E-state index in [0.717, 1.165) is 38.1 Å². The Hall–Kier alpha value is -0.780. The lowest BCUT2D eigenvalue weighted by atomic mass is 9.71. The van der Waals surface area contributed by atoms with Crippen LogP contribution in [0.4, 0.5) is 0 Å². The van der Waals surface area contributed by atoms with Gasteiger partial charge in [-0.15, -0.1) is 0 Å². The topological polar surface area (TPSA) is 62.2 Å². The van der Waals surface area contributed by atoms with Crippen LogP contribution in [0.5, 0.6) is 0 Å². The van der Waals surface area contributed by atoms with Gasteiger partial charge in [0.2, 0.25) is 0 Å². The number of aliphatic hydroxyl groups excluding tert-OH is 2. The molecule has 2 N–H and O–H groups in total. The highest BCUT2D eigenvalue weighted by Gasteiger charge is 2.46. The van der Waals surface area contributed by atoms with Crippen LogP contribution in [0.15, 0.2) is 12.0 Å². The fourth-order valence-corrected chi connectivity index (χ4v) is 3.68. The summed E-state index contributed by atoms with van der Waals surface area (Å²) in [6.07, 6.45) is 5.84. The zero-order chi connectivity index (χ0) is 17.1. The Kier molecular flexibility index (Phi) is 5.98. The van der Waals surface area contributed by atoms with Gasteiger partial charge in [0.25, 0.3) is 0 Å². The Labute approximate surface area is 140 Å². The Morgan fingerprint density at radius 2 is 1.96 bits per heavy atom. The van der Waals surface area contributed by atoms with Gasteiger partial charge in [-0.2, -0.15) is 0 Å². The van der Waals surface area contributed by atoms with E-state index >= 15 is 0 Å². The van der Waals surface area contributed by atoms with Gasteiger partial charge in [-0.3, -0.25) is 0 Å². The molecule has 1 saturated carbocycles. The molecule has 2 fully saturated rings. The third kappa shape index (κ3) is 4.85. The number of hydrogen-bond donors (Lipinski definition) is 2. The lowest BCUT2D eigenvalue weighted by molar-refractivity contribution is -0.197. The highest BCUT2D eigenvalue weighted by molar-refractivity contribution is 4.93. The average Bonchev–Trinajstić information content (AvgIpc) is 2.88. The molecular weight excluding hydrogens is 294 g/mol. The van der Waals surface area contributed by atoms with E-state index in [1.807, 2.05) is 11.8 Å².